The molecule has 0 aliphatic heterocycles. The van der Waals surface area contributed by atoms with Crippen LogP contribution in [0.2, 0.25) is 5.02 Å². The molecule has 0 atom stereocenters. The first-order valence-electron chi connectivity index (χ1n) is 7.89. The summed E-state index contributed by atoms with van der Waals surface area (Å²) < 4.78 is 12.0. The van der Waals surface area contributed by atoms with Crippen LogP contribution in [0.4, 0.5) is 5.69 Å². The van der Waals surface area contributed by atoms with E-state index in [1.54, 1.807) is 20.4 Å². The van der Waals surface area contributed by atoms with Crippen molar-refractivity contribution < 1.29 is 9.47 Å². The van der Waals surface area contributed by atoms with Gasteiger partial charge in [0, 0.05) is 25.2 Å². The first-order valence-corrected chi connectivity index (χ1v) is 8.27. The third-order valence-corrected chi connectivity index (χ3v) is 4.20. The summed E-state index contributed by atoms with van der Waals surface area (Å²) in [5.41, 5.74) is 0.781. The molecule has 25 heavy (non-hydrogen) atoms. The van der Waals surface area contributed by atoms with E-state index in [4.69, 9.17) is 21.1 Å². The molecule has 0 radical (unpaired) electrons. The fourth-order valence-corrected chi connectivity index (χ4v) is 2.76. The zero-order valence-electron chi connectivity index (χ0n) is 15.5. The van der Waals surface area contributed by atoms with Crippen LogP contribution >= 0.6 is 11.6 Å². The Morgan fingerprint density at radius 1 is 1.24 bits per heavy atom. The smallest absolute Gasteiger partial charge is 0.288 e. The van der Waals surface area contributed by atoms with Crippen LogP contribution in [0.15, 0.2) is 29.2 Å². The molecule has 1 heterocycles. The summed E-state index contributed by atoms with van der Waals surface area (Å²) in [5, 5.41) is 4.42. The molecule has 6 nitrogen and oxygen atoms in total. The van der Waals surface area contributed by atoms with Crippen molar-refractivity contribution in [1.82, 2.24) is 9.78 Å². The molecule has 0 amide bonds. The number of hydrogen-bond acceptors (Lipinski definition) is 5. The van der Waals surface area contributed by atoms with E-state index in [1.807, 2.05) is 50.9 Å². The number of aromatic nitrogens is 2. The van der Waals surface area contributed by atoms with Gasteiger partial charge in [0.25, 0.3) is 5.56 Å². The topological polar surface area (TPSA) is 56.6 Å². The highest BCUT2D eigenvalue weighted by Crippen LogP contribution is 2.28. The summed E-state index contributed by atoms with van der Waals surface area (Å²) in [5.74, 6) is 1.43. The lowest BCUT2D eigenvalue weighted by molar-refractivity contribution is 0.338. The molecule has 0 N–H and O–H groups in total. The van der Waals surface area contributed by atoms with Gasteiger partial charge in [-0.05, 0) is 32.9 Å². The van der Waals surface area contributed by atoms with Crippen molar-refractivity contribution in [2.75, 3.05) is 26.2 Å². The second-order valence-corrected chi connectivity index (χ2v) is 7.14. The van der Waals surface area contributed by atoms with E-state index in [2.05, 4.69) is 5.10 Å². The van der Waals surface area contributed by atoms with Crippen molar-refractivity contribution in [3.8, 4) is 11.5 Å². The number of anilines is 1. The van der Waals surface area contributed by atoms with Crippen LogP contribution in [-0.4, -0.2) is 31.0 Å². The average Bonchev–Trinajstić information content (AvgIpc) is 2.56. The highest BCUT2D eigenvalue weighted by Gasteiger charge is 2.21. The molecule has 0 saturated heterocycles. The van der Waals surface area contributed by atoms with Gasteiger partial charge in [0.05, 0.1) is 31.6 Å². The first-order chi connectivity index (χ1) is 11.7. The number of ether oxygens (including phenoxy) is 2. The average molecular weight is 366 g/mol. The second kappa shape index (κ2) is 7.35. The minimum absolute atomic E-state index is 0.153. The largest absolute Gasteiger partial charge is 0.497 e. The van der Waals surface area contributed by atoms with Gasteiger partial charge in [-0.1, -0.05) is 11.6 Å². The number of benzene rings is 1. The van der Waals surface area contributed by atoms with Crippen LogP contribution in [0.3, 0.4) is 0 Å². The molecule has 0 unspecified atom stereocenters. The summed E-state index contributed by atoms with van der Waals surface area (Å²) in [6.07, 6.45) is 1.62. The van der Waals surface area contributed by atoms with Gasteiger partial charge < -0.3 is 14.4 Å². The lowest BCUT2D eigenvalue weighted by Crippen LogP contribution is -2.37. The van der Waals surface area contributed by atoms with E-state index in [0.717, 1.165) is 11.3 Å². The van der Waals surface area contributed by atoms with E-state index in [-0.39, 0.29) is 10.6 Å². The Bertz CT molecular complexity index is 812. The quantitative estimate of drug-likeness (QED) is 0.813. The molecular weight excluding hydrogens is 342 g/mol. The second-order valence-electron chi connectivity index (χ2n) is 6.77. The van der Waals surface area contributed by atoms with Gasteiger partial charge in [0.15, 0.2) is 0 Å². The van der Waals surface area contributed by atoms with Gasteiger partial charge in [-0.2, -0.15) is 5.10 Å². The van der Waals surface area contributed by atoms with Crippen LogP contribution in [0, 0.1) is 0 Å². The van der Waals surface area contributed by atoms with E-state index >= 15 is 0 Å². The van der Waals surface area contributed by atoms with Crippen molar-refractivity contribution in [3.63, 3.8) is 0 Å². The molecule has 0 aliphatic rings. The first kappa shape index (κ1) is 19.1. The minimum Gasteiger partial charge on any atom is -0.497 e. The van der Waals surface area contributed by atoms with Crippen molar-refractivity contribution in [3.05, 3.63) is 45.3 Å². The summed E-state index contributed by atoms with van der Waals surface area (Å²) in [6, 6.07) is 5.61. The highest BCUT2D eigenvalue weighted by molar-refractivity contribution is 6.33. The minimum atomic E-state index is -0.434. The predicted octanol–water partition coefficient (Wildman–Crippen LogP) is 3.31. The third-order valence-electron chi connectivity index (χ3n) is 3.85. The Kier molecular flexibility index (Phi) is 5.62. The lowest BCUT2D eigenvalue weighted by atomic mass is 10.1. The number of halogens is 1. The molecule has 0 fully saturated rings. The van der Waals surface area contributed by atoms with Gasteiger partial charge in [-0.15, -0.1) is 0 Å². The molecule has 2 rings (SSSR count). The summed E-state index contributed by atoms with van der Waals surface area (Å²) >= 11 is 6.32. The van der Waals surface area contributed by atoms with Crippen LogP contribution in [-0.2, 0) is 12.1 Å². The van der Waals surface area contributed by atoms with Crippen molar-refractivity contribution in [1.29, 1.82) is 0 Å². The van der Waals surface area contributed by atoms with E-state index in [1.165, 1.54) is 4.68 Å². The Hall–Kier alpha value is -2.21. The summed E-state index contributed by atoms with van der Waals surface area (Å²) in [4.78, 5) is 14.4. The molecule has 1 aromatic heterocycles. The van der Waals surface area contributed by atoms with E-state index in [0.29, 0.717) is 18.0 Å². The van der Waals surface area contributed by atoms with E-state index in [9.17, 15) is 4.79 Å². The molecule has 136 valence electrons. The van der Waals surface area contributed by atoms with Gasteiger partial charge in [0.1, 0.15) is 16.5 Å². The molecule has 0 saturated carbocycles. The van der Waals surface area contributed by atoms with Gasteiger partial charge in [0.2, 0.25) is 0 Å². The molecular formula is C18H24ClN3O3. The summed E-state index contributed by atoms with van der Waals surface area (Å²) in [6.45, 7) is 6.23. The van der Waals surface area contributed by atoms with Crippen LogP contribution < -0.4 is 19.9 Å². The SMILES string of the molecule is COc1ccc(CN(C)c2cnn(C(C)(C)C)c(=O)c2Cl)c(OC)c1. The maximum absolute atomic E-state index is 12.5. The van der Waals surface area contributed by atoms with Crippen LogP contribution in [0.5, 0.6) is 11.5 Å². The molecule has 1 aromatic carbocycles. The highest BCUT2D eigenvalue weighted by atomic mass is 35.5. The van der Waals surface area contributed by atoms with Crippen LogP contribution in [0.1, 0.15) is 26.3 Å². The zero-order chi connectivity index (χ0) is 18.8. The molecule has 0 aliphatic carbocycles. The number of hydrogen-bond donors (Lipinski definition) is 0. The summed E-state index contributed by atoms with van der Waals surface area (Å²) in [7, 11) is 5.07. The Morgan fingerprint density at radius 2 is 1.92 bits per heavy atom. The van der Waals surface area contributed by atoms with Crippen molar-refractivity contribution >= 4 is 17.3 Å². The molecule has 0 spiro atoms. The standard InChI is InChI=1S/C18H24ClN3O3/c1-18(2,3)22-17(23)16(19)14(10-20-22)21(4)11-12-7-8-13(24-5)9-15(12)25-6/h7-10H,11H2,1-6H3. The fraction of sp³-hybridized carbons (Fsp3) is 0.444. The molecule has 0 bridgehead atoms. The Balaban J connectivity index is 2.35. The molecule has 2 aromatic rings. The number of methoxy groups -OCH3 is 2. The van der Waals surface area contributed by atoms with Crippen LogP contribution in [0.25, 0.3) is 0 Å². The number of rotatable bonds is 5. The Morgan fingerprint density at radius 3 is 2.48 bits per heavy atom. The third kappa shape index (κ3) is 4.07. The van der Waals surface area contributed by atoms with Gasteiger partial charge >= 0.3 is 0 Å². The van der Waals surface area contributed by atoms with E-state index < -0.39 is 5.54 Å². The maximum Gasteiger partial charge on any atom is 0.288 e. The molecule has 7 heteroatoms. The number of nitrogens with zero attached hydrogens (tertiary/aromatic N) is 3. The predicted molar refractivity (Wildman–Crippen MR) is 100 cm³/mol. The Labute approximate surface area is 152 Å². The lowest BCUT2D eigenvalue weighted by Gasteiger charge is -2.25. The van der Waals surface area contributed by atoms with Gasteiger partial charge in [-0.25, -0.2) is 4.68 Å². The maximum atomic E-state index is 12.5. The van der Waals surface area contributed by atoms with Gasteiger partial charge in [-0.3, -0.25) is 4.79 Å². The monoisotopic (exact) mass is 365 g/mol. The van der Waals surface area contributed by atoms with Crippen molar-refractivity contribution in [2.24, 2.45) is 0 Å². The zero-order valence-corrected chi connectivity index (χ0v) is 16.2. The van der Waals surface area contributed by atoms with Crippen molar-refractivity contribution in [2.45, 2.75) is 32.9 Å². The normalized spacial score (nSPS) is 11.3. The fourth-order valence-electron chi connectivity index (χ4n) is 2.49.